The fraction of sp³-hybridized carbons (Fsp3) is 0.409. The van der Waals surface area contributed by atoms with E-state index in [1.807, 2.05) is 24.3 Å². The van der Waals surface area contributed by atoms with E-state index in [4.69, 9.17) is 5.11 Å². The zero-order valence-corrected chi connectivity index (χ0v) is 17.4. The van der Waals surface area contributed by atoms with Gasteiger partial charge in [-0.25, -0.2) is 17.5 Å². The Hall–Kier alpha value is -2.25. The smallest absolute Gasteiger partial charge is 0.303 e. The SMILES string of the molecule is CCCCCC(NS(=O)(=O)c1ccc(F)cc1)c1ccc(CCCC(=O)O)cc1. The maximum Gasteiger partial charge on any atom is 0.303 e. The highest BCUT2D eigenvalue weighted by atomic mass is 32.2. The molecule has 0 bridgehead atoms. The van der Waals surface area contributed by atoms with E-state index in [1.165, 1.54) is 12.1 Å². The lowest BCUT2D eigenvalue weighted by Crippen LogP contribution is -2.28. The van der Waals surface area contributed by atoms with Crippen LogP contribution >= 0.6 is 0 Å². The number of sulfonamides is 1. The van der Waals surface area contributed by atoms with Crippen LogP contribution < -0.4 is 4.72 Å². The maximum atomic E-state index is 13.1. The van der Waals surface area contributed by atoms with Crippen LogP contribution in [-0.2, 0) is 21.2 Å². The summed E-state index contributed by atoms with van der Waals surface area (Å²) in [5.41, 5.74) is 1.87. The van der Waals surface area contributed by atoms with Crippen molar-refractivity contribution in [3.8, 4) is 0 Å². The molecule has 158 valence electrons. The van der Waals surface area contributed by atoms with Crippen molar-refractivity contribution in [2.24, 2.45) is 0 Å². The molecule has 0 aliphatic rings. The van der Waals surface area contributed by atoms with Gasteiger partial charge >= 0.3 is 5.97 Å². The summed E-state index contributed by atoms with van der Waals surface area (Å²) < 4.78 is 41.4. The zero-order chi connectivity index (χ0) is 21.3. The van der Waals surface area contributed by atoms with Crippen LogP contribution in [0.15, 0.2) is 53.4 Å². The number of carboxylic acids is 1. The van der Waals surface area contributed by atoms with Crippen LogP contribution in [0.1, 0.15) is 62.6 Å². The fourth-order valence-electron chi connectivity index (χ4n) is 3.12. The summed E-state index contributed by atoms with van der Waals surface area (Å²) in [6.07, 6.45) is 4.92. The molecule has 2 rings (SSSR count). The molecule has 0 saturated carbocycles. The molecular formula is C22H28FNO4S. The number of aliphatic carboxylic acids is 1. The number of nitrogens with one attached hydrogen (secondary N) is 1. The van der Waals surface area contributed by atoms with Crippen molar-refractivity contribution in [1.82, 2.24) is 4.72 Å². The fourth-order valence-corrected chi connectivity index (χ4v) is 4.38. The molecule has 0 aliphatic carbocycles. The van der Waals surface area contributed by atoms with Gasteiger partial charge < -0.3 is 5.11 Å². The second-order valence-corrected chi connectivity index (χ2v) is 8.83. The molecule has 0 radical (unpaired) electrons. The minimum atomic E-state index is -3.78. The summed E-state index contributed by atoms with van der Waals surface area (Å²) in [5, 5.41) is 8.74. The van der Waals surface area contributed by atoms with Gasteiger partial charge in [0.05, 0.1) is 4.90 Å². The number of benzene rings is 2. The Morgan fingerprint density at radius 1 is 1.03 bits per heavy atom. The lowest BCUT2D eigenvalue weighted by Gasteiger charge is -2.20. The van der Waals surface area contributed by atoms with Crippen molar-refractivity contribution in [2.75, 3.05) is 0 Å². The van der Waals surface area contributed by atoms with E-state index in [0.29, 0.717) is 19.3 Å². The van der Waals surface area contributed by atoms with E-state index in [9.17, 15) is 17.6 Å². The number of hydrogen-bond acceptors (Lipinski definition) is 3. The quantitative estimate of drug-likeness (QED) is 0.481. The molecule has 2 aromatic rings. The molecule has 2 N–H and O–H groups in total. The first-order chi connectivity index (χ1) is 13.8. The Kier molecular flexibility index (Phi) is 8.79. The number of aryl methyl sites for hydroxylation is 1. The van der Waals surface area contributed by atoms with E-state index in [-0.39, 0.29) is 17.4 Å². The van der Waals surface area contributed by atoms with E-state index in [1.54, 1.807) is 0 Å². The third-order valence-corrected chi connectivity index (χ3v) is 6.24. The lowest BCUT2D eigenvalue weighted by atomic mass is 9.99. The Bertz CT molecular complexity index is 880. The molecule has 0 amide bonds. The molecule has 7 heteroatoms. The molecule has 0 heterocycles. The van der Waals surface area contributed by atoms with Gasteiger partial charge in [-0.2, -0.15) is 0 Å². The molecule has 1 unspecified atom stereocenters. The summed E-state index contributed by atoms with van der Waals surface area (Å²) in [7, 11) is -3.78. The average molecular weight is 422 g/mol. The van der Waals surface area contributed by atoms with Gasteiger partial charge in [-0.05, 0) is 54.7 Å². The highest BCUT2D eigenvalue weighted by Gasteiger charge is 2.21. The zero-order valence-electron chi connectivity index (χ0n) is 16.6. The van der Waals surface area contributed by atoms with E-state index in [0.717, 1.165) is 42.5 Å². The second-order valence-electron chi connectivity index (χ2n) is 7.11. The average Bonchev–Trinajstić information content (AvgIpc) is 2.68. The van der Waals surface area contributed by atoms with Gasteiger partial charge in [0.25, 0.3) is 0 Å². The van der Waals surface area contributed by atoms with Crippen LogP contribution in [0.2, 0.25) is 0 Å². The van der Waals surface area contributed by atoms with Gasteiger partial charge in [-0.15, -0.1) is 0 Å². The molecule has 0 saturated heterocycles. The van der Waals surface area contributed by atoms with Crippen molar-refractivity contribution >= 4 is 16.0 Å². The topological polar surface area (TPSA) is 83.5 Å². The van der Waals surface area contributed by atoms with Crippen LogP contribution in [0.25, 0.3) is 0 Å². The van der Waals surface area contributed by atoms with Crippen LogP contribution in [0.3, 0.4) is 0 Å². The number of carboxylic acid groups (broad SMARTS) is 1. The Balaban J connectivity index is 2.14. The second kappa shape index (κ2) is 11.1. The van der Waals surface area contributed by atoms with Crippen LogP contribution in [0, 0.1) is 5.82 Å². The molecule has 0 aliphatic heterocycles. The standard InChI is InChI=1S/C22H28FNO4S/c1-2-3-4-7-21(24-29(27,28)20-15-13-19(23)14-16-20)18-11-9-17(10-12-18)6-5-8-22(25)26/h9-16,21,24H,2-8H2,1H3,(H,25,26). The minimum Gasteiger partial charge on any atom is -0.481 e. The van der Waals surface area contributed by atoms with Gasteiger partial charge in [0.1, 0.15) is 5.82 Å². The third kappa shape index (κ3) is 7.59. The number of carbonyl (C=O) groups is 1. The molecular weight excluding hydrogens is 393 g/mol. The van der Waals surface area contributed by atoms with Gasteiger partial charge in [0.15, 0.2) is 0 Å². The van der Waals surface area contributed by atoms with E-state index in [2.05, 4.69) is 11.6 Å². The summed E-state index contributed by atoms with van der Waals surface area (Å²) in [5.74, 6) is -1.30. The van der Waals surface area contributed by atoms with Crippen molar-refractivity contribution in [1.29, 1.82) is 0 Å². The van der Waals surface area contributed by atoms with E-state index >= 15 is 0 Å². The predicted molar refractivity (Wildman–Crippen MR) is 111 cm³/mol. The molecule has 0 spiro atoms. The van der Waals surface area contributed by atoms with Crippen molar-refractivity contribution < 1.29 is 22.7 Å². The monoisotopic (exact) mass is 421 g/mol. The third-order valence-electron chi connectivity index (χ3n) is 4.76. The van der Waals surface area contributed by atoms with E-state index < -0.39 is 21.8 Å². The Morgan fingerprint density at radius 3 is 2.28 bits per heavy atom. The first-order valence-electron chi connectivity index (χ1n) is 9.90. The first-order valence-corrected chi connectivity index (χ1v) is 11.4. The highest BCUT2D eigenvalue weighted by molar-refractivity contribution is 7.89. The normalized spacial score (nSPS) is 12.6. The largest absolute Gasteiger partial charge is 0.481 e. The summed E-state index contributed by atoms with van der Waals surface area (Å²) in [6, 6.07) is 12.0. The van der Waals surface area contributed by atoms with Gasteiger partial charge in [0.2, 0.25) is 10.0 Å². The highest BCUT2D eigenvalue weighted by Crippen LogP contribution is 2.24. The lowest BCUT2D eigenvalue weighted by molar-refractivity contribution is -0.137. The number of rotatable bonds is 12. The predicted octanol–water partition coefficient (Wildman–Crippen LogP) is 4.83. The van der Waals surface area contributed by atoms with Gasteiger partial charge in [0, 0.05) is 12.5 Å². The summed E-state index contributed by atoms with van der Waals surface area (Å²) in [4.78, 5) is 10.7. The molecule has 0 fully saturated rings. The number of halogens is 1. The Labute approximate surface area is 172 Å². The van der Waals surface area contributed by atoms with Crippen molar-refractivity contribution in [3.63, 3.8) is 0 Å². The maximum absolute atomic E-state index is 13.1. The summed E-state index contributed by atoms with van der Waals surface area (Å²) >= 11 is 0. The van der Waals surface area contributed by atoms with Crippen LogP contribution in [0.4, 0.5) is 4.39 Å². The van der Waals surface area contributed by atoms with Crippen LogP contribution in [0.5, 0.6) is 0 Å². The molecule has 0 aromatic heterocycles. The molecule has 2 aromatic carbocycles. The van der Waals surface area contributed by atoms with Crippen molar-refractivity contribution in [2.45, 2.75) is 62.8 Å². The number of unbranched alkanes of at least 4 members (excludes halogenated alkanes) is 2. The molecule has 29 heavy (non-hydrogen) atoms. The Morgan fingerprint density at radius 2 is 1.69 bits per heavy atom. The summed E-state index contributed by atoms with van der Waals surface area (Å²) in [6.45, 7) is 2.09. The van der Waals surface area contributed by atoms with Crippen LogP contribution in [-0.4, -0.2) is 19.5 Å². The molecule has 5 nitrogen and oxygen atoms in total. The van der Waals surface area contributed by atoms with Gasteiger partial charge in [-0.1, -0.05) is 50.5 Å². The van der Waals surface area contributed by atoms with Crippen molar-refractivity contribution in [3.05, 3.63) is 65.5 Å². The van der Waals surface area contributed by atoms with Gasteiger partial charge in [-0.3, -0.25) is 4.79 Å². The molecule has 1 atom stereocenters. The first kappa shape index (κ1) is 23.0. The number of hydrogen-bond donors (Lipinski definition) is 2. The minimum absolute atomic E-state index is 0.0321.